The minimum absolute atomic E-state index is 0.281. The highest BCUT2D eigenvalue weighted by Gasteiger charge is 2.35. The van der Waals surface area contributed by atoms with Crippen molar-refractivity contribution in [2.24, 2.45) is 12.5 Å². The Morgan fingerprint density at radius 3 is 2.88 bits per heavy atom. The van der Waals surface area contributed by atoms with Gasteiger partial charge in [0.1, 0.15) is 0 Å². The maximum atomic E-state index is 11.6. The van der Waals surface area contributed by atoms with E-state index in [1.807, 2.05) is 6.07 Å². The third-order valence-corrected chi connectivity index (χ3v) is 2.29. The summed E-state index contributed by atoms with van der Waals surface area (Å²) >= 11 is 0. The quantitative estimate of drug-likeness (QED) is 0.713. The number of carbonyl (C=O) groups is 1. The number of aryl methyl sites for hydroxylation is 1. The number of nitriles is 1. The zero-order valence-corrected chi connectivity index (χ0v) is 9.73. The summed E-state index contributed by atoms with van der Waals surface area (Å²) in [6.45, 7) is 3.58. The minimum Gasteiger partial charge on any atom is -0.465 e. The number of rotatable bonds is 4. The van der Waals surface area contributed by atoms with Gasteiger partial charge in [-0.3, -0.25) is 9.48 Å². The Morgan fingerprint density at radius 2 is 2.44 bits per heavy atom. The van der Waals surface area contributed by atoms with Gasteiger partial charge in [0.05, 0.1) is 18.9 Å². The molecule has 0 bridgehead atoms. The molecule has 0 aromatic carbocycles. The van der Waals surface area contributed by atoms with Crippen molar-refractivity contribution in [2.45, 2.75) is 20.3 Å². The van der Waals surface area contributed by atoms with Gasteiger partial charge in [0, 0.05) is 19.7 Å². The number of esters is 1. The summed E-state index contributed by atoms with van der Waals surface area (Å²) in [7, 11) is 1.79. The lowest BCUT2D eigenvalue weighted by Crippen LogP contribution is -2.30. The lowest BCUT2D eigenvalue weighted by molar-refractivity contribution is -0.151. The number of nitrogens with zero attached hydrogens (tertiary/aromatic N) is 3. The molecule has 1 unspecified atom stereocenters. The highest BCUT2D eigenvalue weighted by Crippen LogP contribution is 2.23. The monoisotopic (exact) mass is 221 g/mol. The standard InChI is InChI=1S/C11H15N3O2/c1-4-16-10(15)11(2,8-12)5-9-6-13-14(3)7-9/h6-7H,4-5H2,1-3H3. The zero-order chi connectivity index (χ0) is 12.2. The van der Waals surface area contributed by atoms with Crippen molar-refractivity contribution in [2.75, 3.05) is 6.61 Å². The molecule has 86 valence electrons. The van der Waals surface area contributed by atoms with Crippen LogP contribution in [0.5, 0.6) is 0 Å². The first-order valence-electron chi connectivity index (χ1n) is 5.08. The van der Waals surface area contributed by atoms with E-state index >= 15 is 0 Å². The van der Waals surface area contributed by atoms with Gasteiger partial charge in [-0.2, -0.15) is 10.4 Å². The predicted octanol–water partition coefficient (Wildman–Crippen LogP) is 1.06. The van der Waals surface area contributed by atoms with Crippen LogP contribution in [0.2, 0.25) is 0 Å². The molecule has 1 atom stereocenters. The number of hydrogen-bond donors (Lipinski definition) is 0. The van der Waals surface area contributed by atoms with Gasteiger partial charge >= 0.3 is 5.97 Å². The first kappa shape index (κ1) is 12.2. The maximum Gasteiger partial charge on any atom is 0.326 e. The van der Waals surface area contributed by atoms with Crippen LogP contribution in [0.4, 0.5) is 0 Å². The second-order valence-corrected chi connectivity index (χ2v) is 3.86. The van der Waals surface area contributed by atoms with Gasteiger partial charge in [-0.25, -0.2) is 0 Å². The van der Waals surface area contributed by atoms with Crippen LogP contribution in [0.25, 0.3) is 0 Å². The highest BCUT2D eigenvalue weighted by atomic mass is 16.5. The zero-order valence-electron chi connectivity index (χ0n) is 9.73. The number of aromatic nitrogens is 2. The predicted molar refractivity (Wildman–Crippen MR) is 57.3 cm³/mol. The minimum atomic E-state index is -1.14. The highest BCUT2D eigenvalue weighted by molar-refractivity contribution is 5.79. The van der Waals surface area contributed by atoms with Crippen molar-refractivity contribution < 1.29 is 9.53 Å². The van der Waals surface area contributed by atoms with Crippen LogP contribution in [0.3, 0.4) is 0 Å². The molecule has 5 nitrogen and oxygen atoms in total. The summed E-state index contributed by atoms with van der Waals surface area (Å²) in [5.41, 5.74) is -0.293. The van der Waals surface area contributed by atoms with E-state index in [4.69, 9.17) is 10.00 Å². The van der Waals surface area contributed by atoms with E-state index in [1.54, 1.807) is 38.0 Å². The fraction of sp³-hybridized carbons (Fsp3) is 0.545. The lowest BCUT2D eigenvalue weighted by Gasteiger charge is -2.18. The molecule has 0 aliphatic carbocycles. The Kier molecular flexibility index (Phi) is 3.67. The molecule has 5 heteroatoms. The third kappa shape index (κ3) is 2.60. The molecule has 0 fully saturated rings. The first-order chi connectivity index (χ1) is 7.51. The van der Waals surface area contributed by atoms with Crippen LogP contribution in [0.1, 0.15) is 19.4 Å². The Balaban J connectivity index is 2.82. The molecular weight excluding hydrogens is 206 g/mol. The second kappa shape index (κ2) is 4.79. The van der Waals surface area contributed by atoms with Gasteiger partial charge in [-0.05, 0) is 19.4 Å². The van der Waals surface area contributed by atoms with Crippen LogP contribution >= 0.6 is 0 Å². The van der Waals surface area contributed by atoms with E-state index in [9.17, 15) is 4.79 Å². The molecule has 0 spiro atoms. The molecule has 0 amide bonds. The van der Waals surface area contributed by atoms with E-state index in [1.165, 1.54) is 0 Å². The molecule has 0 radical (unpaired) electrons. The van der Waals surface area contributed by atoms with Crippen molar-refractivity contribution in [1.29, 1.82) is 5.26 Å². The van der Waals surface area contributed by atoms with Crippen molar-refractivity contribution in [3.63, 3.8) is 0 Å². The average molecular weight is 221 g/mol. The van der Waals surface area contributed by atoms with Crippen LogP contribution < -0.4 is 0 Å². The summed E-state index contributed by atoms with van der Waals surface area (Å²) in [6.07, 6.45) is 3.75. The van der Waals surface area contributed by atoms with Crippen molar-refractivity contribution in [3.8, 4) is 6.07 Å². The third-order valence-electron chi connectivity index (χ3n) is 2.29. The Labute approximate surface area is 94.6 Å². The number of carbonyl (C=O) groups excluding carboxylic acids is 1. The molecule has 16 heavy (non-hydrogen) atoms. The van der Waals surface area contributed by atoms with Crippen molar-refractivity contribution in [3.05, 3.63) is 18.0 Å². The van der Waals surface area contributed by atoms with Crippen LogP contribution in [0, 0.1) is 16.7 Å². The van der Waals surface area contributed by atoms with Crippen LogP contribution in [0.15, 0.2) is 12.4 Å². The van der Waals surface area contributed by atoms with Crippen molar-refractivity contribution >= 4 is 5.97 Å². The summed E-state index contributed by atoms with van der Waals surface area (Å²) in [5.74, 6) is -0.485. The maximum absolute atomic E-state index is 11.6. The van der Waals surface area contributed by atoms with Gasteiger partial charge in [0.2, 0.25) is 0 Å². The topological polar surface area (TPSA) is 67.9 Å². The van der Waals surface area contributed by atoms with E-state index < -0.39 is 11.4 Å². The number of ether oxygens (including phenoxy) is 1. The molecule has 0 saturated carbocycles. The molecule has 0 N–H and O–H groups in total. The fourth-order valence-corrected chi connectivity index (χ4v) is 1.42. The molecule has 0 saturated heterocycles. The molecule has 1 rings (SSSR count). The van der Waals surface area contributed by atoms with E-state index in [-0.39, 0.29) is 6.61 Å². The summed E-state index contributed by atoms with van der Waals surface area (Å²) in [5, 5.41) is 13.1. The fourth-order valence-electron chi connectivity index (χ4n) is 1.42. The smallest absolute Gasteiger partial charge is 0.326 e. The van der Waals surface area contributed by atoms with Crippen LogP contribution in [-0.4, -0.2) is 22.4 Å². The average Bonchev–Trinajstić information content (AvgIpc) is 2.64. The summed E-state index contributed by atoms with van der Waals surface area (Å²) in [4.78, 5) is 11.6. The molecular formula is C11H15N3O2. The van der Waals surface area contributed by atoms with Gasteiger partial charge in [-0.1, -0.05) is 0 Å². The van der Waals surface area contributed by atoms with Gasteiger partial charge in [0.25, 0.3) is 0 Å². The molecule has 1 aromatic rings. The van der Waals surface area contributed by atoms with Crippen molar-refractivity contribution in [1.82, 2.24) is 9.78 Å². The molecule has 0 aliphatic heterocycles. The SMILES string of the molecule is CCOC(=O)C(C)(C#N)Cc1cnn(C)c1. The van der Waals surface area contributed by atoms with E-state index in [0.717, 1.165) is 5.56 Å². The second-order valence-electron chi connectivity index (χ2n) is 3.86. The Hall–Kier alpha value is -1.83. The largest absolute Gasteiger partial charge is 0.465 e. The summed E-state index contributed by atoms with van der Waals surface area (Å²) < 4.78 is 6.53. The molecule has 1 heterocycles. The lowest BCUT2D eigenvalue weighted by atomic mass is 9.86. The first-order valence-corrected chi connectivity index (χ1v) is 5.08. The van der Waals surface area contributed by atoms with E-state index in [2.05, 4.69) is 5.10 Å². The van der Waals surface area contributed by atoms with Gasteiger partial charge < -0.3 is 4.74 Å². The van der Waals surface area contributed by atoms with Gasteiger partial charge in [0.15, 0.2) is 5.41 Å². The molecule has 0 aliphatic rings. The van der Waals surface area contributed by atoms with Crippen LogP contribution in [-0.2, 0) is 23.0 Å². The van der Waals surface area contributed by atoms with Gasteiger partial charge in [-0.15, -0.1) is 0 Å². The number of hydrogen-bond acceptors (Lipinski definition) is 4. The normalized spacial score (nSPS) is 13.9. The molecule has 1 aromatic heterocycles. The van der Waals surface area contributed by atoms with E-state index in [0.29, 0.717) is 6.42 Å². The Bertz CT molecular complexity index is 419. The Morgan fingerprint density at radius 1 is 1.75 bits per heavy atom. The summed E-state index contributed by atoms with van der Waals surface area (Å²) in [6, 6.07) is 2.01.